The Labute approximate surface area is 142 Å². The van der Waals surface area contributed by atoms with Crippen molar-refractivity contribution in [3.05, 3.63) is 89.5 Å². The van der Waals surface area contributed by atoms with E-state index in [-0.39, 0.29) is 5.91 Å². The maximum atomic E-state index is 12.2. The van der Waals surface area contributed by atoms with Gasteiger partial charge >= 0.3 is 0 Å². The van der Waals surface area contributed by atoms with Gasteiger partial charge in [0.2, 0.25) is 0 Å². The number of benzene rings is 2. The zero-order chi connectivity index (χ0) is 16.8. The van der Waals surface area contributed by atoms with Crippen LogP contribution in [0.25, 0.3) is 0 Å². The van der Waals surface area contributed by atoms with Gasteiger partial charge in [0, 0.05) is 31.0 Å². The number of rotatable bonds is 6. The predicted octanol–water partition coefficient (Wildman–Crippen LogP) is 3.21. The average molecular weight is 319 g/mol. The first kappa shape index (κ1) is 16.0. The molecule has 0 saturated heterocycles. The van der Waals surface area contributed by atoms with E-state index in [2.05, 4.69) is 27.0 Å². The molecule has 1 heterocycles. The van der Waals surface area contributed by atoms with Gasteiger partial charge in [-0.15, -0.1) is 0 Å². The van der Waals surface area contributed by atoms with Gasteiger partial charge in [0.05, 0.1) is 0 Å². The largest absolute Gasteiger partial charge is 0.352 e. The molecule has 0 aliphatic carbocycles. The molecule has 0 aliphatic rings. The fourth-order valence-electron chi connectivity index (χ4n) is 2.60. The normalized spacial score (nSPS) is 10.5. The standard InChI is InChI=1S/C20H21N3O/c1-16-21-13-14-23(16)15-18-7-9-19(10-8-18)20(24)22-12-11-17-5-3-2-4-6-17/h2-10,13-14H,11-12,15H2,1H3,(H,22,24). The summed E-state index contributed by atoms with van der Waals surface area (Å²) in [4.78, 5) is 16.4. The maximum Gasteiger partial charge on any atom is 0.251 e. The quantitative estimate of drug-likeness (QED) is 0.758. The summed E-state index contributed by atoms with van der Waals surface area (Å²) in [5.74, 6) is 0.953. The third-order valence-corrected chi connectivity index (χ3v) is 4.03. The second-order valence-electron chi connectivity index (χ2n) is 5.79. The fourth-order valence-corrected chi connectivity index (χ4v) is 2.60. The molecule has 0 radical (unpaired) electrons. The van der Waals surface area contributed by atoms with E-state index in [1.807, 2.05) is 55.6 Å². The molecule has 0 unspecified atom stereocenters. The first-order chi connectivity index (χ1) is 11.7. The van der Waals surface area contributed by atoms with Crippen molar-refractivity contribution in [2.45, 2.75) is 19.9 Å². The lowest BCUT2D eigenvalue weighted by atomic mass is 10.1. The van der Waals surface area contributed by atoms with Gasteiger partial charge in [0.15, 0.2) is 0 Å². The van der Waals surface area contributed by atoms with Crippen LogP contribution in [0, 0.1) is 6.92 Å². The van der Waals surface area contributed by atoms with E-state index >= 15 is 0 Å². The SMILES string of the molecule is Cc1nccn1Cc1ccc(C(=O)NCCc2ccccc2)cc1. The summed E-state index contributed by atoms with van der Waals surface area (Å²) in [5, 5.41) is 2.97. The number of aromatic nitrogens is 2. The monoisotopic (exact) mass is 319 g/mol. The lowest BCUT2D eigenvalue weighted by Crippen LogP contribution is -2.25. The molecule has 0 spiro atoms. The van der Waals surface area contributed by atoms with Crippen LogP contribution >= 0.6 is 0 Å². The zero-order valence-corrected chi connectivity index (χ0v) is 13.8. The van der Waals surface area contributed by atoms with Gasteiger partial charge in [-0.1, -0.05) is 42.5 Å². The van der Waals surface area contributed by atoms with Crippen molar-refractivity contribution in [3.8, 4) is 0 Å². The second kappa shape index (κ2) is 7.59. The Morgan fingerprint density at radius 1 is 1.04 bits per heavy atom. The number of aryl methyl sites for hydroxylation is 1. The average Bonchev–Trinajstić information content (AvgIpc) is 3.01. The summed E-state index contributed by atoms with van der Waals surface area (Å²) in [5.41, 5.74) is 3.06. The van der Waals surface area contributed by atoms with E-state index in [9.17, 15) is 4.79 Å². The van der Waals surface area contributed by atoms with Crippen molar-refractivity contribution in [2.24, 2.45) is 0 Å². The number of hydrogen-bond acceptors (Lipinski definition) is 2. The van der Waals surface area contributed by atoms with Crippen molar-refractivity contribution in [3.63, 3.8) is 0 Å². The second-order valence-corrected chi connectivity index (χ2v) is 5.79. The van der Waals surface area contributed by atoms with Gasteiger partial charge in [-0.25, -0.2) is 4.98 Å². The highest BCUT2D eigenvalue weighted by Crippen LogP contribution is 2.08. The zero-order valence-electron chi connectivity index (χ0n) is 13.8. The summed E-state index contributed by atoms with van der Waals surface area (Å²) < 4.78 is 2.08. The molecule has 0 saturated carbocycles. The molecule has 1 amide bonds. The first-order valence-electron chi connectivity index (χ1n) is 8.11. The molecule has 0 atom stereocenters. The van der Waals surface area contributed by atoms with Gasteiger partial charge in [0.25, 0.3) is 5.91 Å². The molecule has 0 aliphatic heterocycles. The Kier molecular flexibility index (Phi) is 5.06. The van der Waals surface area contributed by atoms with Gasteiger partial charge in [0.1, 0.15) is 5.82 Å². The third kappa shape index (κ3) is 4.10. The van der Waals surface area contributed by atoms with Crippen LogP contribution in [-0.4, -0.2) is 22.0 Å². The first-order valence-corrected chi connectivity index (χ1v) is 8.11. The van der Waals surface area contributed by atoms with E-state index in [4.69, 9.17) is 0 Å². The Morgan fingerprint density at radius 2 is 1.79 bits per heavy atom. The number of imidazole rings is 1. The molecule has 1 aromatic heterocycles. The van der Waals surface area contributed by atoms with Crippen molar-refractivity contribution >= 4 is 5.91 Å². The van der Waals surface area contributed by atoms with Crippen molar-refractivity contribution in [1.82, 2.24) is 14.9 Å². The minimum Gasteiger partial charge on any atom is -0.352 e. The van der Waals surface area contributed by atoms with Crippen LogP contribution in [0.1, 0.15) is 27.3 Å². The van der Waals surface area contributed by atoms with Gasteiger partial charge < -0.3 is 9.88 Å². The van der Waals surface area contributed by atoms with Gasteiger partial charge in [-0.3, -0.25) is 4.79 Å². The van der Waals surface area contributed by atoms with E-state index in [0.717, 1.165) is 24.4 Å². The summed E-state index contributed by atoms with van der Waals surface area (Å²) >= 11 is 0. The molecule has 0 bridgehead atoms. The summed E-state index contributed by atoms with van der Waals surface area (Å²) in [6.07, 6.45) is 4.59. The fraction of sp³-hybridized carbons (Fsp3) is 0.200. The van der Waals surface area contributed by atoms with E-state index in [1.165, 1.54) is 5.56 Å². The molecule has 0 fully saturated rings. The van der Waals surface area contributed by atoms with Crippen LogP contribution in [0.3, 0.4) is 0 Å². The minimum absolute atomic E-state index is 0.0312. The molecule has 3 aromatic rings. The number of carbonyl (C=O) groups is 1. The van der Waals surface area contributed by atoms with E-state index in [1.54, 1.807) is 6.20 Å². The van der Waals surface area contributed by atoms with Crippen molar-refractivity contribution in [1.29, 1.82) is 0 Å². The van der Waals surface area contributed by atoms with Crippen LogP contribution in [0.4, 0.5) is 0 Å². The van der Waals surface area contributed by atoms with Crippen LogP contribution in [0.5, 0.6) is 0 Å². The van der Waals surface area contributed by atoms with Gasteiger partial charge in [-0.2, -0.15) is 0 Å². The number of nitrogens with one attached hydrogen (secondary N) is 1. The molecule has 24 heavy (non-hydrogen) atoms. The van der Waals surface area contributed by atoms with E-state index < -0.39 is 0 Å². The Hall–Kier alpha value is -2.88. The molecule has 122 valence electrons. The van der Waals surface area contributed by atoms with Crippen molar-refractivity contribution < 1.29 is 4.79 Å². The highest BCUT2D eigenvalue weighted by Gasteiger charge is 2.05. The number of amides is 1. The molecular formula is C20H21N3O. The topological polar surface area (TPSA) is 46.9 Å². The predicted molar refractivity (Wildman–Crippen MR) is 95.0 cm³/mol. The summed E-state index contributed by atoms with van der Waals surface area (Å²) in [6.45, 7) is 3.38. The van der Waals surface area contributed by atoms with Crippen LogP contribution in [0.15, 0.2) is 67.0 Å². The number of hydrogen-bond donors (Lipinski definition) is 1. The highest BCUT2D eigenvalue weighted by atomic mass is 16.1. The van der Waals surface area contributed by atoms with Crippen molar-refractivity contribution in [2.75, 3.05) is 6.54 Å². The lowest BCUT2D eigenvalue weighted by Gasteiger charge is -2.08. The Balaban J connectivity index is 1.53. The smallest absolute Gasteiger partial charge is 0.251 e. The van der Waals surface area contributed by atoms with E-state index in [0.29, 0.717) is 12.1 Å². The highest BCUT2D eigenvalue weighted by molar-refractivity contribution is 5.94. The number of nitrogens with zero attached hydrogens (tertiary/aromatic N) is 2. The third-order valence-electron chi connectivity index (χ3n) is 4.03. The Morgan fingerprint density at radius 3 is 2.46 bits per heavy atom. The molecule has 3 rings (SSSR count). The number of carbonyl (C=O) groups excluding carboxylic acids is 1. The minimum atomic E-state index is -0.0312. The molecule has 2 aromatic carbocycles. The summed E-state index contributed by atoms with van der Waals surface area (Å²) in [6, 6.07) is 17.9. The molecule has 1 N–H and O–H groups in total. The molecular weight excluding hydrogens is 298 g/mol. The van der Waals surface area contributed by atoms with Gasteiger partial charge in [-0.05, 0) is 36.6 Å². The molecule has 4 heteroatoms. The Bertz CT molecular complexity index is 791. The maximum absolute atomic E-state index is 12.2. The molecule has 4 nitrogen and oxygen atoms in total. The van der Waals surface area contributed by atoms with Crippen LogP contribution < -0.4 is 5.32 Å². The van der Waals surface area contributed by atoms with Crippen LogP contribution in [-0.2, 0) is 13.0 Å². The van der Waals surface area contributed by atoms with Crippen LogP contribution in [0.2, 0.25) is 0 Å². The lowest BCUT2D eigenvalue weighted by molar-refractivity contribution is 0.0954. The summed E-state index contributed by atoms with van der Waals surface area (Å²) in [7, 11) is 0.